The molecule has 0 aliphatic carbocycles. The van der Waals surface area contributed by atoms with Crippen molar-refractivity contribution in [3.8, 4) is 0 Å². The fourth-order valence-corrected chi connectivity index (χ4v) is 1.31. The summed E-state index contributed by atoms with van der Waals surface area (Å²) in [5.41, 5.74) is 0. The lowest BCUT2D eigenvalue weighted by Crippen LogP contribution is -2.29. The van der Waals surface area contributed by atoms with Crippen LogP contribution in [0.5, 0.6) is 0 Å². The van der Waals surface area contributed by atoms with E-state index >= 15 is 0 Å². The van der Waals surface area contributed by atoms with Gasteiger partial charge in [0.25, 0.3) is 0 Å². The van der Waals surface area contributed by atoms with Gasteiger partial charge in [-0.15, -0.1) is 0 Å². The largest absolute Gasteiger partial charge is 0.358 e. The van der Waals surface area contributed by atoms with Crippen molar-refractivity contribution < 1.29 is 0 Å². The molecule has 0 bridgehead atoms. The van der Waals surface area contributed by atoms with Crippen molar-refractivity contribution in [3.05, 3.63) is 12.3 Å². The Balaban J connectivity index is 2.60. The predicted molar refractivity (Wildman–Crippen MR) is 68.2 cm³/mol. The fourth-order valence-electron chi connectivity index (χ4n) is 1.31. The lowest BCUT2D eigenvalue weighted by atomic mass is 10.4. The molecule has 0 aliphatic rings. The van der Waals surface area contributed by atoms with Gasteiger partial charge in [-0.2, -0.15) is 4.98 Å². The summed E-state index contributed by atoms with van der Waals surface area (Å²) < 4.78 is 0. The summed E-state index contributed by atoms with van der Waals surface area (Å²) >= 11 is 0. The zero-order valence-corrected chi connectivity index (χ0v) is 10.6. The molecule has 0 atom stereocenters. The molecule has 1 rings (SSSR count). The predicted octanol–water partition coefficient (Wildman–Crippen LogP) is 0.588. The maximum atomic E-state index is 4.46. The first-order chi connectivity index (χ1) is 7.65. The molecule has 0 spiro atoms. The molecular formula is C11H21N5. The van der Waals surface area contributed by atoms with Gasteiger partial charge >= 0.3 is 0 Å². The number of likely N-dealkylation sites (N-methyl/N-ethyl adjacent to an activating group) is 2. The summed E-state index contributed by atoms with van der Waals surface area (Å²) in [7, 11) is 5.93. The molecule has 0 unspecified atom stereocenters. The van der Waals surface area contributed by atoms with Gasteiger partial charge in [-0.05, 0) is 12.6 Å². The van der Waals surface area contributed by atoms with Crippen LogP contribution in [0, 0.1) is 0 Å². The van der Waals surface area contributed by atoms with Crippen LogP contribution in [0.3, 0.4) is 0 Å². The summed E-state index contributed by atoms with van der Waals surface area (Å²) in [5.74, 6) is 1.70. The van der Waals surface area contributed by atoms with E-state index in [0.29, 0.717) is 0 Å². The molecule has 1 aromatic heterocycles. The first kappa shape index (κ1) is 12.7. The van der Waals surface area contributed by atoms with Crippen LogP contribution in [0.1, 0.15) is 6.92 Å². The summed E-state index contributed by atoms with van der Waals surface area (Å²) in [6.07, 6.45) is 1.79. The highest BCUT2D eigenvalue weighted by molar-refractivity contribution is 5.42. The molecule has 5 heteroatoms. The van der Waals surface area contributed by atoms with Crippen LogP contribution >= 0.6 is 0 Å². The number of nitrogens with one attached hydrogen (secondary N) is 1. The van der Waals surface area contributed by atoms with Crippen molar-refractivity contribution >= 4 is 11.8 Å². The molecule has 0 radical (unpaired) electrons. The Kier molecular flexibility index (Phi) is 4.98. The third-order valence-electron chi connectivity index (χ3n) is 2.29. The van der Waals surface area contributed by atoms with Gasteiger partial charge in [-0.25, -0.2) is 4.98 Å². The molecule has 0 aromatic carbocycles. The summed E-state index contributed by atoms with van der Waals surface area (Å²) in [5, 5.41) is 3.29. The van der Waals surface area contributed by atoms with Crippen LogP contribution < -0.4 is 15.1 Å². The van der Waals surface area contributed by atoms with E-state index in [1.54, 1.807) is 6.20 Å². The molecule has 0 aliphatic heterocycles. The quantitative estimate of drug-likeness (QED) is 0.715. The molecular weight excluding hydrogens is 202 g/mol. The Bertz CT molecular complexity index is 313. The van der Waals surface area contributed by atoms with Gasteiger partial charge in [0.1, 0.15) is 5.82 Å². The molecule has 90 valence electrons. The molecule has 16 heavy (non-hydrogen) atoms. The van der Waals surface area contributed by atoms with E-state index in [2.05, 4.69) is 27.1 Å². The minimum absolute atomic E-state index is 0.743. The van der Waals surface area contributed by atoms with Crippen molar-refractivity contribution in [1.29, 1.82) is 0 Å². The fraction of sp³-hybridized carbons (Fsp3) is 0.636. The maximum Gasteiger partial charge on any atom is 0.226 e. The van der Waals surface area contributed by atoms with Gasteiger partial charge < -0.3 is 15.1 Å². The standard InChI is InChI=1S/C11H21N5/c1-5-12-8-9-16(4)10-6-7-13-11(14-10)15(2)3/h6-7,12H,5,8-9H2,1-4H3. The molecule has 1 heterocycles. The smallest absolute Gasteiger partial charge is 0.226 e. The van der Waals surface area contributed by atoms with E-state index in [4.69, 9.17) is 0 Å². The van der Waals surface area contributed by atoms with Crippen LogP contribution in [0.2, 0.25) is 0 Å². The Morgan fingerprint density at radius 1 is 1.31 bits per heavy atom. The number of hydrogen-bond acceptors (Lipinski definition) is 5. The van der Waals surface area contributed by atoms with Crippen molar-refractivity contribution in [2.24, 2.45) is 0 Å². The molecule has 1 aromatic rings. The Morgan fingerprint density at radius 3 is 2.69 bits per heavy atom. The van der Waals surface area contributed by atoms with E-state index in [0.717, 1.165) is 31.4 Å². The summed E-state index contributed by atoms with van der Waals surface area (Å²) in [4.78, 5) is 12.7. The second kappa shape index (κ2) is 6.27. The molecule has 5 nitrogen and oxygen atoms in total. The van der Waals surface area contributed by atoms with Crippen LogP contribution in [0.15, 0.2) is 12.3 Å². The lowest BCUT2D eigenvalue weighted by Gasteiger charge is -2.19. The zero-order valence-electron chi connectivity index (χ0n) is 10.6. The number of aromatic nitrogens is 2. The first-order valence-corrected chi connectivity index (χ1v) is 5.57. The zero-order chi connectivity index (χ0) is 12.0. The van der Waals surface area contributed by atoms with E-state index in [9.17, 15) is 0 Å². The van der Waals surface area contributed by atoms with Gasteiger partial charge in [0.05, 0.1) is 0 Å². The average Bonchev–Trinajstić information content (AvgIpc) is 2.29. The van der Waals surface area contributed by atoms with Crippen LogP contribution in [-0.2, 0) is 0 Å². The highest BCUT2D eigenvalue weighted by Gasteiger charge is 2.04. The minimum Gasteiger partial charge on any atom is -0.358 e. The number of hydrogen-bond donors (Lipinski definition) is 1. The lowest BCUT2D eigenvalue weighted by molar-refractivity contribution is 0.702. The first-order valence-electron chi connectivity index (χ1n) is 5.57. The van der Waals surface area contributed by atoms with Crippen molar-refractivity contribution in [2.75, 3.05) is 50.6 Å². The molecule has 0 saturated heterocycles. The highest BCUT2D eigenvalue weighted by atomic mass is 15.3. The normalized spacial score (nSPS) is 10.2. The van der Waals surface area contributed by atoms with Gasteiger partial charge in [0.2, 0.25) is 5.95 Å². The van der Waals surface area contributed by atoms with Gasteiger partial charge in [0.15, 0.2) is 0 Å². The van der Waals surface area contributed by atoms with Crippen LogP contribution in [0.4, 0.5) is 11.8 Å². The van der Waals surface area contributed by atoms with E-state index < -0.39 is 0 Å². The third kappa shape index (κ3) is 3.66. The van der Waals surface area contributed by atoms with Gasteiger partial charge in [0, 0.05) is 40.4 Å². The van der Waals surface area contributed by atoms with E-state index in [1.807, 2.05) is 32.1 Å². The monoisotopic (exact) mass is 223 g/mol. The summed E-state index contributed by atoms with van der Waals surface area (Å²) in [6, 6.07) is 1.93. The Labute approximate surface area is 97.5 Å². The highest BCUT2D eigenvalue weighted by Crippen LogP contribution is 2.11. The second-order valence-corrected chi connectivity index (χ2v) is 3.88. The Hall–Kier alpha value is -1.36. The number of rotatable bonds is 6. The number of nitrogens with zero attached hydrogens (tertiary/aromatic N) is 4. The molecule has 0 amide bonds. The van der Waals surface area contributed by atoms with Crippen molar-refractivity contribution in [1.82, 2.24) is 15.3 Å². The minimum atomic E-state index is 0.743. The summed E-state index contributed by atoms with van der Waals surface area (Å²) in [6.45, 7) is 5.02. The topological polar surface area (TPSA) is 44.3 Å². The van der Waals surface area contributed by atoms with Gasteiger partial charge in [-0.1, -0.05) is 6.92 Å². The molecule has 1 N–H and O–H groups in total. The van der Waals surface area contributed by atoms with Crippen molar-refractivity contribution in [3.63, 3.8) is 0 Å². The molecule has 0 saturated carbocycles. The van der Waals surface area contributed by atoms with E-state index in [-0.39, 0.29) is 0 Å². The number of anilines is 2. The third-order valence-corrected chi connectivity index (χ3v) is 2.29. The Morgan fingerprint density at radius 2 is 2.06 bits per heavy atom. The van der Waals surface area contributed by atoms with Gasteiger partial charge in [-0.3, -0.25) is 0 Å². The second-order valence-electron chi connectivity index (χ2n) is 3.88. The van der Waals surface area contributed by atoms with Crippen LogP contribution in [0.25, 0.3) is 0 Å². The van der Waals surface area contributed by atoms with Crippen LogP contribution in [-0.4, -0.2) is 50.7 Å². The molecule has 0 fully saturated rings. The van der Waals surface area contributed by atoms with Crippen molar-refractivity contribution in [2.45, 2.75) is 6.92 Å². The maximum absolute atomic E-state index is 4.46. The SMILES string of the molecule is CCNCCN(C)c1ccnc(N(C)C)n1. The van der Waals surface area contributed by atoms with E-state index in [1.165, 1.54) is 0 Å². The average molecular weight is 223 g/mol.